The Morgan fingerprint density at radius 3 is 2.67 bits per heavy atom. The molecule has 0 aromatic carbocycles. The van der Waals surface area contributed by atoms with Gasteiger partial charge in [0.1, 0.15) is 15.6 Å². The number of anilines is 1. The van der Waals surface area contributed by atoms with Crippen molar-refractivity contribution in [1.29, 1.82) is 0 Å². The average molecular weight is 451 g/mol. The molecular weight excluding hydrogens is 424 g/mol. The van der Waals surface area contributed by atoms with Crippen molar-refractivity contribution in [2.45, 2.75) is 30.7 Å². The van der Waals surface area contributed by atoms with Gasteiger partial charge in [0.05, 0.1) is 13.2 Å². The van der Waals surface area contributed by atoms with E-state index in [1.807, 2.05) is 12.1 Å². The highest BCUT2D eigenvalue weighted by molar-refractivity contribution is 7.89. The molecular formula is C20H26N4O4S2. The van der Waals surface area contributed by atoms with Crippen LogP contribution in [0.2, 0.25) is 0 Å². The molecule has 4 rings (SSSR count). The first-order valence-corrected chi connectivity index (χ1v) is 12.5. The summed E-state index contributed by atoms with van der Waals surface area (Å²) in [7, 11) is -3.64. The fourth-order valence-electron chi connectivity index (χ4n) is 3.71. The van der Waals surface area contributed by atoms with E-state index in [2.05, 4.69) is 15.2 Å². The van der Waals surface area contributed by atoms with E-state index >= 15 is 0 Å². The van der Waals surface area contributed by atoms with Crippen molar-refractivity contribution in [1.82, 2.24) is 14.6 Å². The minimum absolute atomic E-state index is 0.107. The summed E-state index contributed by atoms with van der Waals surface area (Å²) in [4.78, 5) is 19.7. The van der Waals surface area contributed by atoms with Crippen molar-refractivity contribution in [3.8, 4) is 0 Å². The maximum atomic E-state index is 13.0. The van der Waals surface area contributed by atoms with Crippen LogP contribution in [0.5, 0.6) is 0 Å². The van der Waals surface area contributed by atoms with Crippen LogP contribution in [0, 0.1) is 0 Å². The molecule has 0 bridgehead atoms. The Bertz CT molecular complexity index is 980. The summed E-state index contributed by atoms with van der Waals surface area (Å²) >= 11 is 1.16. The molecule has 2 aliphatic rings. The Morgan fingerprint density at radius 2 is 1.90 bits per heavy atom. The van der Waals surface area contributed by atoms with Gasteiger partial charge in [0.2, 0.25) is 10.0 Å². The molecule has 2 saturated heterocycles. The van der Waals surface area contributed by atoms with Gasteiger partial charge >= 0.3 is 0 Å². The number of amides is 1. The van der Waals surface area contributed by atoms with Crippen molar-refractivity contribution in [2.24, 2.45) is 0 Å². The number of pyridine rings is 1. The molecule has 2 aromatic rings. The Hall–Kier alpha value is -2.01. The molecule has 0 radical (unpaired) electrons. The van der Waals surface area contributed by atoms with Crippen LogP contribution < -0.4 is 10.2 Å². The molecule has 0 aliphatic carbocycles. The van der Waals surface area contributed by atoms with Crippen molar-refractivity contribution < 1.29 is 17.9 Å². The highest BCUT2D eigenvalue weighted by atomic mass is 32.2. The predicted molar refractivity (Wildman–Crippen MR) is 115 cm³/mol. The zero-order valence-corrected chi connectivity index (χ0v) is 18.4. The summed E-state index contributed by atoms with van der Waals surface area (Å²) < 4.78 is 32.9. The number of piperidine rings is 1. The van der Waals surface area contributed by atoms with Gasteiger partial charge in [0.15, 0.2) is 0 Å². The van der Waals surface area contributed by atoms with Crippen LogP contribution in [-0.2, 0) is 21.3 Å². The smallest absolute Gasteiger partial charge is 0.263 e. The number of morpholine rings is 1. The molecule has 0 atom stereocenters. The van der Waals surface area contributed by atoms with Crippen molar-refractivity contribution in [3.05, 3.63) is 40.2 Å². The molecule has 2 aromatic heterocycles. The Morgan fingerprint density at radius 1 is 1.13 bits per heavy atom. The lowest BCUT2D eigenvalue weighted by Gasteiger charge is -2.28. The van der Waals surface area contributed by atoms with Crippen LogP contribution in [0.4, 0.5) is 5.82 Å². The molecule has 1 N–H and O–H groups in total. The van der Waals surface area contributed by atoms with Crippen LogP contribution in [0.25, 0.3) is 0 Å². The van der Waals surface area contributed by atoms with Crippen LogP contribution in [0.15, 0.2) is 34.7 Å². The maximum Gasteiger partial charge on any atom is 0.263 e. The van der Waals surface area contributed by atoms with Crippen LogP contribution >= 0.6 is 11.3 Å². The fraction of sp³-hybridized carbons (Fsp3) is 0.500. The largest absolute Gasteiger partial charge is 0.378 e. The number of nitrogens with zero attached hydrogens (tertiary/aromatic N) is 3. The number of sulfonamides is 1. The number of hydrogen-bond acceptors (Lipinski definition) is 7. The topological polar surface area (TPSA) is 91.8 Å². The van der Waals surface area contributed by atoms with Gasteiger partial charge in [-0.3, -0.25) is 4.79 Å². The molecule has 10 heteroatoms. The number of carbonyl (C=O) groups is 1. The predicted octanol–water partition coefficient (Wildman–Crippen LogP) is 2.08. The number of aromatic nitrogens is 1. The standard InChI is InChI=1S/C20H26N4O4S2/c25-20(19-17(5-13-29-19)30(26,27)24-7-2-1-3-8-24)22-15-16-4-6-21-18(14-16)23-9-11-28-12-10-23/h4-6,13-14H,1-3,7-12,15H2,(H,22,25). The molecule has 0 saturated carbocycles. The summed E-state index contributed by atoms with van der Waals surface area (Å²) in [5, 5.41) is 4.53. The third-order valence-electron chi connectivity index (χ3n) is 5.37. The second-order valence-corrected chi connectivity index (χ2v) is 10.2. The number of ether oxygens (including phenoxy) is 1. The van der Waals surface area contributed by atoms with E-state index in [0.717, 1.165) is 55.1 Å². The second-order valence-electron chi connectivity index (χ2n) is 7.38. The van der Waals surface area contributed by atoms with Crippen LogP contribution in [-0.4, -0.2) is 63.0 Å². The lowest BCUT2D eigenvalue weighted by molar-refractivity contribution is 0.0952. The van der Waals surface area contributed by atoms with Gasteiger partial charge in [0, 0.05) is 38.9 Å². The summed E-state index contributed by atoms with van der Waals surface area (Å²) in [5.74, 6) is 0.486. The van der Waals surface area contributed by atoms with Gasteiger partial charge in [-0.1, -0.05) is 6.42 Å². The molecule has 8 nitrogen and oxygen atoms in total. The molecule has 4 heterocycles. The average Bonchev–Trinajstić information content (AvgIpc) is 3.30. The van der Waals surface area contributed by atoms with E-state index in [-0.39, 0.29) is 15.7 Å². The normalized spacial score (nSPS) is 18.3. The number of thiophene rings is 1. The lowest BCUT2D eigenvalue weighted by atomic mass is 10.2. The molecule has 2 fully saturated rings. The number of rotatable bonds is 6. The zero-order chi connectivity index (χ0) is 21.0. The fourth-order valence-corrected chi connectivity index (χ4v) is 6.54. The van der Waals surface area contributed by atoms with E-state index in [1.54, 1.807) is 11.6 Å². The zero-order valence-electron chi connectivity index (χ0n) is 16.7. The van der Waals surface area contributed by atoms with Gasteiger partial charge in [-0.25, -0.2) is 13.4 Å². The van der Waals surface area contributed by atoms with E-state index in [1.165, 1.54) is 10.4 Å². The van der Waals surface area contributed by atoms with Gasteiger partial charge in [-0.05, 0) is 42.0 Å². The first kappa shape index (κ1) is 21.2. The van der Waals surface area contributed by atoms with Gasteiger partial charge in [0.25, 0.3) is 5.91 Å². The first-order valence-electron chi connectivity index (χ1n) is 10.2. The van der Waals surface area contributed by atoms with Crippen molar-refractivity contribution in [3.63, 3.8) is 0 Å². The Balaban J connectivity index is 1.44. The van der Waals surface area contributed by atoms with Crippen LogP contribution in [0.1, 0.15) is 34.5 Å². The molecule has 1 amide bonds. The quantitative estimate of drug-likeness (QED) is 0.725. The molecule has 162 valence electrons. The molecule has 0 unspecified atom stereocenters. The molecule has 2 aliphatic heterocycles. The highest BCUT2D eigenvalue weighted by Crippen LogP contribution is 2.27. The van der Waals surface area contributed by atoms with Gasteiger partial charge < -0.3 is 15.0 Å². The first-order chi connectivity index (χ1) is 14.6. The van der Waals surface area contributed by atoms with Crippen molar-refractivity contribution >= 4 is 33.1 Å². The van der Waals surface area contributed by atoms with E-state index in [9.17, 15) is 13.2 Å². The van der Waals surface area contributed by atoms with Gasteiger partial charge in [-0.15, -0.1) is 11.3 Å². The SMILES string of the molecule is O=C(NCc1ccnc(N2CCOCC2)c1)c1sccc1S(=O)(=O)N1CCCCC1. The third kappa shape index (κ3) is 4.66. The monoisotopic (exact) mass is 450 g/mol. The number of carbonyl (C=O) groups excluding carboxylic acids is 1. The van der Waals surface area contributed by atoms with Crippen LogP contribution in [0.3, 0.4) is 0 Å². The second kappa shape index (κ2) is 9.42. The Kier molecular flexibility index (Phi) is 6.67. The third-order valence-corrected chi connectivity index (χ3v) is 8.35. The summed E-state index contributed by atoms with van der Waals surface area (Å²) in [6.45, 7) is 4.26. The number of nitrogens with one attached hydrogen (secondary N) is 1. The Labute approximate surface area is 180 Å². The minimum Gasteiger partial charge on any atom is -0.378 e. The summed E-state index contributed by atoms with van der Waals surface area (Å²) in [6, 6.07) is 5.34. The lowest BCUT2D eigenvalue weighted by Crippen LogP contribution is -2.37. The highest BCUT2D eigenvalue weighted by Gasteiger charge is 2.30. The molecule has 0 spiro atoms. The van der Waals surface area contributed by atoms with E-state index in [0.29, 0.717) is 32.8 Å². The maximum absolute atomic E-state index is 13.0. The van der Waals surface area contributed by atoms with E-state index < -0.39 is 10.0 Å². The van der Waals surface area contributed by atoms with Gasteiger partial charge in [-0.2, -0.15) is 4.31 Å². The summed E-state index contributed by atoms with van der Waals surface area (Å²) in [5.41, 5.74) is 0.914. The number of hydrogen-bond donors (Lipinski definition) is 1. The van der Waals surface area contributed by atoms with Crippen molar-refractivity contribution in [2.75, 3.05) is 44.3 Å². The summed E-state index contributed by atoms with van der Waals surface area (Å²) in [6.07, 6.45) is 4.49. The molecule has 30 heavy (non-hydrogen) atoms. The minimum atomic E-state index is -3.64. The van der Waals surface area contributed by atoms with E-state index in [4.69, 9.17) is 4.74 Å².